The summed E-state index contributed by atoms with van der Waals surface area (Å²) in [5.74, 6) is 1.26. The van der Waals surface area contributed by atoms with Gasteiger partial charge in [0.1, 0.15) is 0 Å². The second-order valence-electron chi connectivity index (χ2n) is 4.35. The van der Waals surface area contributed by atoms with Crippen molar-refractivity contribution in [2.24, 2.45) is 0 Å². The van der Waals surface area contributed by atoms with Crippen molar-refractivity contribution in [3.05, 3.63) is 17.1 Å². The Morgan fingerprint density at radius 3 is 2.40 bits per heavy atom. The van der Waals surface area contributed by atoms with Crippen molar-refractivity contribution in [2.45, 2.75) is 13.8 Å². The van der Waals surface area contributed by atoms with Crippen LogP contribution in [0.4, 0.5) is 11.4 Å². The monoisotopic (exact) mass is 278 g/mol. The van der Waals surface area contributed by atoms with Crippen LogP contribution in [-0.2, 0) is 4.74 Å². The van der Waals surface area contributed by atoms with Gasteiger partial charge in [0.15, 0.2) is 10.7 Å². The SMILES string of the molecule is CCOc1cc(N2CCOCC2)c(OCC)cc1[N+]#N. The number of morpholine rings is 1. The zero-order valence-electron chi connectivity index (χ0n) is 12.0. The van der Waals surface area contributed by atoms with E-state index in [1.165, 1.54) is 0 Å². The summed E-state index contributed by atoms with van der Waals surface area (Å²) < 4.78 is 16.6. The van der Waals surface area contributed by atoms with Gasteiger partial charge in [0.05, 0.1) is 38.2 Å². The molecule has 0 N–H and O–H groups in total. The van der Waals surface area contributed by atoms with E-state index in [4.69, 9.17) is 19.6 Å². The molecule has 1 aromatic rings. The molecule has 6 heteroatoms. The van der Waals surface area contributed by atoms with Gasteiger partial charge >= 0.3 is 5.69 Å². The molecule has 0 radical (unpaired) electrons. The van der Waals surface area contributed by atoms with E-state index < -0.39 is 0 Å². The predicted octanol–water partition coefficient (Wildman–Crippen LogP) is 2.81. The lowest BCUT2D eigenvalue weighted by atomic mass is 10.2. The van der Waals surface area contributed by atoms with Crippen LogP contribution in [0.3, 0.4) is 0 Å². The third kappa shape index (κ3) is 3.11. The first-order valence-electron chi connectivity index (χ1n) is 6.91. The topological polar surface area (TPSA) is 59.1 Å². The van der Waals surface area contributed by atoms with E-state index >= 15 is 0 Å². The molecule has 1 saturated heterocycles. The number of benzene rings is 1. The van der Waals surface area contributed by atoms with E-state index in [9.17, 15) is 0 Å². The van der Waals surface area contributed by atoms with Crippen LogP contribution in [0.15, 0.2) is 12.1 Å². The van der Waals surface area contributed by atoms with E-state index in [1.807, 2.05) is 19.9 Å². The summed E-state index contributed by atoms with van der Waals surface area (Å²) >= 11 is 0. The Bertz CT molecular complexity index is 493. The van der Waals surface area contributed by atoms with E-state index in [2.05, 4.69) is 9.88 Å². The van der Waals surface area contributed by atoms with Gasteiger partial charge in [0.2, 0.25) is 11.1 Å². The Kier molecular flexibility index (Phi) is 5.02. The number of diazo groups is 1. The highest BCUT2D eigenvalue weighted by atomic mass is 16.5. The molecule has 0 atom stereocenters. The number of ether oxygens (including phenoxy) is 3. The van der Waals surface area contributed by atoms with Crippen molar-refractivity contribution < 1.29 is 14.2 Å². The first-order valence-corrected chi connectivity index (χ1v) is 6.91. The van der Waals surface area contributed by atoms with Gasteiger partial charge in [-0.2, -0.15) is 0 Å². The van der Waals surface area contributed by atoms with Gasteiger partial charge in [-0.25, -0.2) is 0 Å². The lowest BCUT2D eigenvalue weighted by molar-refractivity contribution is 0.122. The van der Waals surface area contributed by atoms with Crippen LogP contribution in [0.1, 0.15) is 13.8 Å². The third-order valence-corrected chi connectivity index (χ3v) is 3.10. The van der Waals surface area contributed by atoms with Gasteiger partial charge in [-0.1, -0.05) is 0 Å². The highest BCUT2D eigenvalue weighted by Crippen LogP contribution is 2.40. The van der Waals surface area contributed by atoms with Gasteiger partial charge in [-0.3, -0.25) is 0 Å². The molecule has 1 aromatic carbocycles. The Balaban J connectivity index is 2.40. The maximum atomic E-state index is 9.09. The number of anilines is 1. The minimum absolute atomic E-state index is 0.382. The third-order valence-electron chi connectivity index (χ3n) is 3.10. The first-order chi connectivity index (χ1) is 9.80. The van der Waals surface area contributed by atoms with Crippen LogP contribution in [0.5, 0.6) is 11.5 Å². The zero-order valence-corrected chi connectivity index (χ0v) is 12.0. The summed E-state index contributed by atoms with van der Waals surface area (Å²) in [5, 5.41) is 9.09. The van der Waals surface area contributed by atoms with Gasteiger partial charge in [-0.15, -0.1) is 0 Å². The Hall–Kier alpha value is -2.00. The van der Waals surface area contributed by atoms with E-state index in [0.717, 1.165) is 18.8 Å². The highest BCUT2D eigenvalue weighted by Gasteiger charge is 2.24. The minimum atomic E-state index is 0.382. The van der Waals surface area contributed by atoms with Crippen LogP contribution in [0.2, 0.25) is 0 Å². The molecule has 1 aliphatic rings. The zero-order chi connectivity index (χ0) is 14.4. The van der Waals surface area contributed by atoms with Gasteiger partial charge in [-0.05, 0) is 13.8 Å². The number of hydrogen-bond donors (Lipinski definition) is 0. The maximum Gasteiger partial charge on any atom is 0.430 e. The average molecular weight is 278 g/mol. The molecule has 0 unspecified atom stereocenters. The van der Waals surface area contributed by atoms with Crippen molar-refractivity contribution in [1.82, 2.24) is 0 Å². The average Bonchev–Trinajstić information content (AvgIpc) is 2.49. The van der Waals surface area contributed by atoms with E-state index in [1.54, 1.807) is 6.07 Å². The Morgan fingerprint density at radius 1 is 1.15 bits per heavy atom. The lowest BCUT2D eigenvalue weighted by Crippen LogP contribution is -2.36. The summed E-state index contributed by atoms with van der Waals surface area (Å²) in [5.41, 5.74) is 1.33. The van der Waals surface area contributed by atoms with Crippen LogP contribution in [0.25, 0.3) is 4.98 Å². The Morgan fingerprint density at radius 2 is 1.80 bits per heavy atom. The number of hydrogen-bond acceptors (Lipinski definition) is 5. The molecule has 1 fully saturated rings. The fourth-order valence-electron chi connectivity index (χ4n) is 2.21. The Labute approximate surface area is 118 Å². The van der Waals surface area contributed by atoms with Crippen LogP contribution >= 0.6 is 0 Å². The molecule has 0 bridgehead atoms. The molecule has 0 spiro atoms. The summed E-state index contributed by atoms with van der Waals surface area (Å²) in [6, 6.07) is 3.58. The smallest absolute Gasteiger partial charge is 0.430 e. The molecule has 0 aromatic heterocycles. The molecular weight excluding hydrogens is 258 g/mol. The van der Waals surface area contributed by atoms with Crippen molar-refractivity contribution in [3.8, 4) is 11.5 Å². The lowest BCUT2D eigenvalue weighted by Gasteiger charge is -2.30. The molecular formula is C14H20N3O3+. The van der Waals surface area contributed by atoms with Gasteiger partial charge in [0, 0.05) is 19.2 Å². The predicted molar refractivity (Wildman–Crippen MR) is 76.6 cm³/mol. The molecule has 108 valence electrons. The van der Waals surface area contributed by atoms with E-state index in [-0.39, 0.29) is 0 Å². The second kappa shape index (κ2) is 6.96. The standard InChI is InChI=1S/C14H20N3O3/c1-3-19-13-10-12(17-5-7-18-8-6-17)14(20-4-2)9-11(13)16-15/h9-10H,3-8H2,1-2H3/q+1. The normalized spacial score (nSPS) is 14.8. The van der Waals surface area contributed by atoms with Gasteiger partial charge in [0.25, 0.3) is 0 Å². The van der Waals surface area contributed by atoms with Crippen molar-refractivity contribution in [2.75, 3.05) is 44.4 Å². The van der Waals surface area contributed by atoms with E-state index in [0.29, 0.717) is 43.6 Å². The highest BCUT2D eigenvalue weighted by molar-refractivity contribution is 5.72. The van der Waals surface area contributed by atoms with Crippen LogP contribution < -0.4 is 14.4 Å². The molecule has 20 heavy (non-hydrogen) atoms. The summed E-state index contributed by atoms with van der Waals surface area (Å²) in [7, 11) is 0. The molecule has 1 aliphatic heterocycles. The quantitative estimate of drug-likeness (QED) is 0.775. The molecule has 0 aliphatic carbocycles. The maximum absolute atomic E-state index is 9.09. The fourth-order valence-corrected chi connectivity index (χ4v) is 2.21. The summed E-state index contributed by atoms with van der Waals surface area (Å²) in [6.07, 6.45) is 0. The molecule has 0 amide bonds. The fraction of sp³-hybridized carbons (Fsp3) is 0.571. The molecule has 0 saturated carbocycles. The minimum Gasteiger partial charge on any atom is -0.491 e. The first kappa shape index (κ1) is 14.4. The van der Waals surface area contributed by atoms with Crippen molar-refractivity contribution in [1.29, 1.82) is 5.39 Å². The summed E-state index contributed by atoms with van der Waals surface area (Å²) in [4.78, 5) is 5.46. The second-order valence-corrected chi connectivity index (χ2v) is 4.35. The van der Waals surface area contributed by atoms with Crippen molar-refractivity contribution in [3.63, 3.8) is 0 Å². The molecule has 1 heterocycles. The molecule has 2 rings (SSSR count). The van der Waals surface area contributed by atoms with Crippen LogP contribution in [0, 0.1) is 5.39 Å². The molecule has 6 nitrogen and oxygen atoms in total. The van der Waals surface area contributed by atoms with Crippen molar-refractivity contribution >= 4 is 11.4 Å². The van der Waals surface area contributed by atoms with Crippen LogP contribution in [-0.4, -0.2) is 39.5 Å². The largest absolute Gasteiger partial charge is 0.491 e. The van der Waals surface area contributed by atoms with Gasteiger partial charge < -0.3 is 19.1 Å². The number of rotatable bonds is 5. The number of nitrogens with zero attached hydrogens (tertiary/aromatic N) is 3. The summed E-state index contributed by atoms with van der Waals surface area (Å²) in [6.45, 7) is 7.89.